The highest BCUT2D eigenvalue weighted by Crippen LogP contribution is 2.40. The van der Waals surface area contributed by atoms with Crippen molar-refractivity contribution < 1.29 is 23.5 Å². The van der Waals surface area contributed by atoms with E-state index in [0.29, 0.717) is 37.6 Å². The minimum absolute atomic E-state index is 0.162. The Kier molecular flexibility index (Phi) is 5.17. The molecule has 4 heterocycles. The molecule has 0 bridgehead atoms. The molecule has 3 aliphatic rings. The lowest BCUT2D eigenvalue weighted by molar-refractivity contribution is -0.131. The molecule has 1 aromatic heterocycles. The van der Waals surface area contributed by atoms with Gasteiger partial charge in [0.15, 0.2) is 17.8 Å². The van der Waals surface area contributed by atoms with Crippen LogP contribution in [0.4, 0.5) is 0 Å². The van der Waals surface area contributed by atoms with E-state index in [2.05, 4.69) is 4.98 Å². The molecular weight excluding hydrogens is 398 g/mol. The maximum Gasteiger partial charge on any atom is 0.276 e. The number of hydrogen-bond acceptors (Lipinski definition) is 6. The summed E-state index contributed by atoms with van der Waals surface area (Å²) in [4.78, 5) is 33.4. The third-order valence-corrected chi connectivity index (χ3v) is 6.58. The van der Waals surface area contributed by atoms with Crippen LogP contribution in [-0.2, 0) is 9.53 Å². The van der Waals surface area contributed by atoms with Crippen LogP contribution in [-0.4, -0.2) is 72.1 Å². The van der Waals surface area contributed by atoms with E-state index in [1.807, 2.05) is 29.2 Å². The van der Waals surface area contributed by atoms with E-state index in [1.165, 1.54) is 6.39 Å². The second kappa shape index (κ2) is 8.00. The molecule has 8 nitrogen and oxygen atoms in total. The predicted octanol–water partition coefficient (Wildman–Crippen LogP) is 2.59. The van der Waals surface area contributed by atoms with E-state index in [9.17, 15) is 9.59 Å². The van der Waals surface area contributed by atoms with Gasteiger partial charge in [0.2, 0.25) is 5.91 Å². The van der Waals surface area contributed by atoms with Crippen LogP contribution in [0.2, 0.25) is 0 Å². The van der Waals surface area contributed by atoms with Crippen molar-refractivity contribution in [2.75, 3.05) is 39.9 Å². The van der Waals surface area contributed by atoms with Crippen molar-refractivity contribution in [1.29, 1.82) is 0 Å². The molecule has 31 heavy (non-hydrogen) atoms. The lowest BCUT2D eigenvalue weighted by Gasteiger charge is -2.46. The van der Waals surface area contributed by atoms with E-state index in [4.69, 9.17) is 13.9 Å². The second-order valence-corrected chi connectivity index (χ2v) is 8.78. The molecule has 3 fully saturated rings. The van der Waals surface area contributed by atoms with E-state index < -0.39 is 0 Å². The molecule has 5 rings (SSSR count). The zero-order valence-corrected chi connectivity index (χ0v) is 17.7. The van der Waals surface area contributed by atoms with Crippen molar-refractivity contribution in [3.05, 3.63) is 36.4 Å². The highest BCUT2D eigenvalue weighted by atomic mass is 16.5. The average molecular weight is 425 g/mol. The Morgan fingerprint density at radius 1 is 1.16 bits per heavy atom. The minimum Gasteiger partial charge on any atom is -0.497 e. The maximum absolute atomic E-state index is 13.0. The first-order valence-corrected chi connectivity index (χ1v) is 10.9. The number of nitrogens with zero attached hydrogens (tertiary/aromatic N) is 3. The minimum atomic E-state index is -0.324. The number of methoxy groups -OCH3 is 1. The lowest BCUT2D eigenvalue weighted by Crippen LogP contribution is -2.63. The van der Waals surface area contributed by atoms with Gasteiger partial charge in [0, 0.05) is 25.1 Å². The van der Waals surface area contributed by atoms with Gasteiger partial charge in [-0.1, -0.05) is 0 Å². The Morgan fingerprint density at radius 3 is 2.61 bits per heavy atom. The van der Waals surface area contributed by atoms with Gasteiger partial charge >= 0.3 is 0 Å². The molecule has 2 aromatic rings. The van der Waals surface area contributed by atoms with E-state index in [1.54, 1.807) is 12.0 Å². The number of ether oxygens (including phenoxy) is 2. The van der Waals surface area contributed by atoms with Gasteiger partial charge in [-0.25, -0.2) is 4.98 Å². The Labute approximate surface area is 181 Å². The van der Waals surface area contributed by atoms with Crippen LogP contribution in [0.3, 0.4) is 0 Å². The molecule has 1 aromatic carbocycles. The van der Waals surface area contributed by atoms with Crippen molar-refractivity contribution in [1.82, 2.24) is 14.8 Å². The maximum atomic E-state index is 13.0. The summed E-state index contributed by atoms with van der Waals surface area (Å²) in [6.45, 7) is 3.40. The van der Waals surface area contributed by atoms with E-state index in [-0.39, 0.29) is 23.3 Å². The normalized spacial score (nSPS) is 22.0. The summed E-state index contributed by atoms with van der Waals surface area (Å²) in [7, 11) is 1.61. The number of carbonyl (C=O) groups excluding carboxylic acids is 2. The molecule has 1 unspecified atom stereocenters. The summed E-state index contributed by atoms with van der Waals surface area (Å²) in [5.74, 6) is 1.49. The third kappa shape index (κ3) is 3.80. The first-order valence-electron chi connectivity index (χ1n) is 10.9. The number of aromatic nitrogens is 1. The predicted molar refractivity (Wildman–Crippen MR) is 112 cm³/mol. The van der Waals surface area contributed by atoms with Gasteiger partial charge in [-0.3, -0.25) is 9.59 Å². The summed E-state index contributed by atoms with van der Waals surface area (Å²) in [5, 5.41) is 0. The van der Waals surface area contributed by atoms with Crippen LogP contribution in [0.25, 0.3) is 11.3 Å². The summed E-state index contributed by atoms with van der Waals surface area (Å²) in [6.07, 6.45) is 4.87. The van der Waals surface area contributed by atoms with Crippen LogP contribution in [0.1, 0.15) is 36.2 Å². The van der Waals surface area contributed by atoms with Crippen molar-refractivity contribution in [3.63, 3.8) is 0 Å². The molecule has 3 aliphatic heterocycles. The third-order valence-electron chi connectivity index (χ3n) is 6.58. The average Bonchev–Trinajstić information content (AvgIpc) is 3.52. The molecule has 2 amide bonds. The lowest BCUT2D eigenvalue weighted by atomic mass is 9.85. The fraction of sp³-hybridized carbons (Fsp3) is 0.522. The first kappa shape index (κ1) is 20.1. The van der Waals surface area contributed by atoms with Gasteiger partial charge in [0.25, 0.3) is 5.91 Å². The van der Waals surface area contributed by atoms with Gasteiger partial charge in [-0.15, -0.1) is 0 Å². The zero-order valence-electron chi connectivity index (χ0n) is 17.7. The second-order valence-electron chi connectivity index (χ2n) is 8.78. The van der Waals surface area contributed by atoms with Gasteiger partial charge in [0.05, 0.1) is 26.8 Å². The standard InChI is InChI=1S/C23H27N3O5/c1-29-18-6-4-17(5-7-18)21-20(24-15-30-21)22(28)26-13-23(14-26)11-16(12-31-23)10-19(27)25-8-2-3-9-25/h4-7,15-16H,2-3,8-14H2,1H3. The van der Waals surface area contributed by atoms with Gasteiger partial charge in [-0.2, -0.15) is 0 Å². The summed E-state index contributed by atoms with van der Waals surface area (Å²) in [6, 6.07) is 7.33. The molecule has 1 spiro atoms. The fourth-order valence-corrected chi connectivity index (χ4v) is 4.92. The smallest absolute Gasteiger partial charge is 0.276 e. The molecule has 0 N–H and O–H groups in total. The number of likely N-dealkylation sites (tertiary alicyclic amines) is 2. The molecule has 164 valence electrons. The van der Waals surface area contributed by atoms with Crippen molar-refractivity contribution in [2.24, 2.45) is 5.92 Å². The summed E-state index contributed by atoms with van der Waals surface area (Å²) >= 11 is 0. The van der Waals surface area contributed by atoms with Gasteiger partial charge < -0.3 is 23.7 Å². The Morgan fingerprint density at radius 2 is 1.90 bits per heavy atom. The van der Waals surface area contributed by atoms with Crippen molar-refractivity contribution in [2.45, 2.75) is 31.3 Å². The summed E-state index contributed by atoms with van der Waals surface area (Å²) in [5.41, 5.74) is 0.753. The van der Waals surface area contributed by atoms with Crippen LogP contribution < -0.4 is 4.74 Å². The Balaban J connectivity index is 1.19. The number of oxazole rings is 1. The zero-order chi connectivity index (χ0) is 21.4. The first-order chi connectivity index (χ1) is 15.1. The number of carbonyl (C=O) groups is 2. The molecular formula is C23H27N3O5. The van der Waals surface area contributed by atoms with Crippen molar-refractivity contribution in [3.8, 4) is 17.1 Å². The molecule has 0 radical (unpaired) electrons. The number of amides is 2. The molecule has 0 saturated carbocycles. The highest BCUT2D eigenvalue weighted by molar-refractivity contribution is 5.98. The SMILES string of the molecule is COc1ccc(-c2ocnc2C(=O)N2CC3(CC(CC(=O)N4CCCC4)CO3)C2)cc1. The Bertz CT molecular complexity index is 958. The van der Waals surface area contributed by atoms with Crippen LogP contribution in [0.5, 0.6) is 5.75 Å². The molecule has 0 aliphatic carbocycles. The van der Waals surface area contributed by atoms with Crippen LogP contribution in [0.15, 0.2) is 35.1 Å². The molecule has 8 heteroatoms. The molecule has 1 atom stereocenters. The highest BCUT2D eigenvalue weighted by Gasteiger charge is 2.52. The van der Waals surface area contributed by atoms with Crippen LogP contribution in [0, 0.1) is 5.92 Å². The summed E-state index contributed by atoms with van der Waals surface area (Å²) < 4.78 is 16.8. The number of hydrogen-bond donors (Lipinski definition) is 0. The molecule has 3 saturated heterocycles. The number of benzene rings is 1. The quantitative estimate of drug-likeness (QED) is 0.732. The topological polar surface area (TPSA) is 85.1 Å². The largest absolute Gasteiger partial charge is 0.497 e. The van der Waals surface area contributed by atoms with E-state index >= 15 is 0 Å². The van der Waals surface area contributed by atoms with Crippen LogP contribution >= 0.6 is 0 Å². The Hall–Kier alpha value is -2.87. The van der Waals surface area contributed by atoms with E-state index in [0.717, 1.165) is 43.7 Å². The number of rotatable bonds is 5. The van der Waals surface area contributed by atoms with Gasteiger partial charge in [-0.05, 0) is 49.4 Å². The van der Waals surface area contributed by atoms with Crippen molar-refractivity contribution >= 4 is 11.8 Å². The fourth-order valence-electron chi connectivity index (χ4n) is 4.92. The van der Waals surface area contributed by atoms with Gasteiger partial charge in [0.1, 0.15) is 11.4 Å². The monoisotopic (exact) mass is 425 g/mol.